The standard InChI is InChI=1S/C20H33N/c1-3-14-5-9-19-18-7-4-13-12-15(21)6-8-16(13)17(18)10-11-20(14,19)2/h14-15,17-19H,3-12,21H2,1-2H3/t14?,15?,17?,18?,19?,20-/m1/s1. The fraction of sp³-hybridized carbons (Fsp3) is 0.900. The van der Waals surface area contributed by atoms with Crippen LogP contribution in [0.25, 0.3) is 0 Å². The molecule has 1 heteroatoms. The summed E-state index contributed by atoms with van der Waals surface area (Å²) < 4.78 is 0. The van der Waals surface area contributed by atoms with Crippen molar-refractivity contribution in [3.63, 3.8) is 0 Å². The van der Waals surface area contributed by atoms with Crippen molar-refractivity contribution in [1.82, 2.24) is 0 Å². The lowest BCUT2D eigenvalue weighted by atomic mass is 9.53. The van der Waals surface area contributed by atoms with Crippen molar-refractivity contribution in [3.05, 3.63) is 11.1 Å². The first kappa shape index (κ1) is 14.3. The van der Waals surface area contributed by atoms with Gasteiger partial charge in [-0.1, -0.05) is 31.4 Å². The molecule has 0 heterocycles. The molecule has 4 rings (SSSR count). The smallest absolute Gasteiger partial charge is 0.00792 e. The monoisotopic (exact) mass is 287 g/mol. The quantitative estimate of drug-likeness (QED) is 0.670. The van der Waals surface area contributed by atoms with E-state index < -0.39 is 0 Å². The summed E-state index contributed by atoms with van der Waals surface area (Å²) in [6.07, 6.45) is 14.1. The Balaban J connectivity index is 1.62. The first-order chi connectivity index (χ1) is 10.1. The molecule has 0 aromatic carbocycles. The van der Waals surface area contributed by atoms with Crippen molar-refractivity contribution >= 4 is 0 Å². The molecule has 0 spiro atoms. The highest BCUT2D eigenvalue weighted by molar-refractivity contribution is 5.27. The fourth-order valence-electron chi connectivity index (χ4n) is 7.02. The zero-order valence-electron chi connectivity index (χ0n) is 14.0. The Morgan fingerprint density at radius 3 is 2.76 bits per heavy atom. The van der Waals surface area contributed by atoms with Gasteiger partial charge in [-0.15, -0.1) is 0 Å². The van der Waals surface area contributed by atoms with Gasteiger partial charge in [0.2, 0.25) is 0 Å². The van der Waals surface area contributed by atoms with Gasteiger partial charge < -0.3 is 5.73 Å². The van der Waals surface area contributed by atoms with E-state index in [1.165, 1.54) is 64.2 Å². The summed E-state index contributed by atoms with van der Waals surface area (Å²) in [5.74, 6) is 4.02. The minimum absolute atomic E-state index is 0.463. The van der Waals surface area contributed by atoms with Gasteiger partial charge in [0.15, 0.2) is 0 Å². The Morgan fingerprint density at radius 2 is 1.95 bits per heavy atom. The van der Waals surface area contributed by atoms with E-state index in [4.69, 9.17) is 5.73 Å². The third-order valence-corrected chi connectivity index (χ3v) is 8.10. The summed E-state index contributed by atoms with van der Waals surface area (Å²) in [7, 11) is 0. The zero-order chi connectivity index (χ0) is 14.6. The molecule has 0 aromatic rings. The molecule has 118 valence electrons. The normalized spacial score (nSPS) is 49.6. The summed E-state index contributed by atoms with van der Waals surface area (Å²) in [6.45, 7) is 5.07. The minimum atomic E-state index is 0.463. The summed E-state index contributed by atoms with van der Waals surface area (Å²) in [4.78, 5) is 0. The van der Waals surface area contributed by atoms with Crippen LogP contribution in [0.5, 0.6) is 0 Å². The Morgan fingerprint density at radius 1 is 1.10 bits per heavy atom. The molecule has 0 aromatic heterocycles. The van der Waals surface area contributed by atoms with Gasteiger partial charge in [-0.05, 0) is 86.9 Å². The predicted octanol–water partition coefficient (Wildman–Crippen LogP) is 5.06. The Labute approximate surface area is 130 Å². The summed E-state index contributed by atoms with van der Waals surface area (Å²) in [5.41, 5.74) is 10.6. The van der Waals surface area contributed by atoms with E-state index >= 15 is 0 Å². The van der Waals surface area contributed by atoms with Crippen molar-refractivity contribution in [2.24, 2.45) is 34.8 Å². The van der Waals surface area contributed by atoms with Gasteiger partial charge in [-0.2, -0.15) is 0 Å². The van der Waals surface area contributed by atoms with Crippen LogP contribution in [0.3, 0.4) is 0 Å². The minimum Gasteiger partial charge on any atom is -0.327 e. The largest absolute Gasteiger partial charge is 0.327 e. The number of rotatable bonds is 1. The third-order valence-electron chi connectivity index (χ3n) is 8.10. The van der Waals surface area contributed by atoms with Crippen LogP contribution in [0.2, 0.25) is 0 Å². The number of hydrogen-bond acceptors (Lipinski definition) is 1. The van der Waals surface area contributed by atoms with Crippen LogP contribution in [0.1, 0.15) is 78.1 Å². The summed E-state index contributed by atoms with van der Waals surface area (Å²) >= 11 is 0. The number of fused-ring (bicyclic) bond motifs is 4. The van der Waals surface area contributed by atoms with E-state index in [9.17, 15) is 0 Å². The van der Waals surface area contributed by atoms with Crippen LogP contribution in [-0.4, -0.2) is 6.04 Å². The topological polar surface area (TPSA) is 26.0 Å². The summed E-state index contributed by atoms with van der Waals surface area (Å²) in [5, 5.41) is 0. The van der Waals surface area contributed by atoms with E-state index in [0.29, 0.717) is 11.5 Å². The van der Waals surface area contributed by atoms with Crippen LogP contribution < -0.4 is 5.73 Å². The van der Waals surface area contributed by atoms with E-state index in [2.05, 4.69) is 13.8 Å². The van der Waals surface area contributed by atoms with Crippen molar-refractivity contribution in [3.8, 4) is 0 Å². The van der Waals surface area contributed by atoms with Crippen molar-refractivity contribution < 1.29 is 0 Å². The average Bonchev–Trinajstić information content (AvgIpc) is 2.83. The zero-order valence-corrected chi connectivity index (χ0v) is 14.0. The molecular weight excluding hydrogens is 254 g/mol. The van der Waals surface area contributed by atoms with Gasteiger partial charge in [0.05, 0.1) is 0 Å². The van der Waals surface area contributed by atoms with E-state index in [-0.39, 0.29) is 0 Å². The second-order valence-electron chi connectivity index (χ2n) is 8.77. The van der Waals surface area contributed by atoms with Gasteiger partial charge in [0.1, 0.15) is 0 Å². The number of allylic oxidation sites excluding steroid dienone is 1. The second-order valence-corrected chi connectivity index (χ2v) is 8.77. The van der Waals surface area contributed by atoms with Crippen LogP contribution >= 0.6 is 0 Å². The first-order valence-electron chi connectivity index (χ1n) is 9.60. The maximum atomic E-state index is 6.22. The van der Waals surface area contributed by atoms with Gasteiger partial charge in [-0.3, -0.25) is 0 Å². The predicted molar refractivity (Wildman–Crippen MR) is 88.9 cm³/mol. The summed E-state index contributed by atoms with van der Waals surface area (Å²) in [6, 6.07) is 0.463. The molecule has 6 atom stereocenters. The third kappa shape index (κ3) is 2.06. The van der Waals surface area contributed by atoms with Gasteiger partial charge >= 0.3 is 0 Å². The maximum Gasteiger partial charge on any atom is 0.00792 e. The molecule has 0 radical (unpaired) electrons. The highest BCUT2D eigenvalue weighted by Crippen LogP contribution is 2.63. The van der Waals surface area contributed by atoms with Crippen molar-refractivity contribution in [1.29, 1.82) is 0 Å². The van der Waals surface area contributed by atoms with Crippen molar-refractivity contribution in [2.45, 2.75) is 84.1 Å². The maximum absolute atomic E-state index is 6.22. The Bertz CT molecular complexity index is 451. The molecule has 0 bridgehead atoms. The molecule has 0 aliphatic heterocycles. The van der Waals surface area contributed by atoms with Gasteiger partial charge in [0.25, 0.3) is 0 Å². The molecule has 4 aliphatic carbocycles. The molecule has 2 saturated carbocycles. The molecular formula is C20H33N. The lowest BCUT2D eigenvalue weighted by Gasteiger charge is -2.52. The Hall–Kier alpha value is -0.300. The Kier molecular flexibility index (Phi) is 3.48. The number of nitrogens with two attached hydrogens (primary N) is 1. The van der Waals surface area contributed by atoms with E-state index in [0.717, 1.165) is 23.7 Å². The molecule has 2 N–H and O–H groups in total. The van der Waals surface area contributed by atoms with Crippen molar-refractivity contribution in [2.75, 3.05) is 0 Å². The first-order valence-corrected chi connectivity index (χ1v) is 9.60. The highest BCUT2D eigenvalue weighted by Gasteiger charge is 2.54. The molecule has 0 saturated heterocycles. The van der Waals surface area contributed by atoms with Gasteiger partial charge in [-0.25, -0.2) is 0 Å². The van der Waals surface area contributed by atoms with Gasteiger partial charge in [0, 0.05) is 6.04 Å². The van der Waals surface area contributed by atoms with Crippen LogP contribution in [0, 0.1) is 29.1 Å². The highest BCUT2D eigenvalue weighted by atomic mass is 14.6. The lowest BCUT2D eigenvalue weighted by molar-refractivity contribution is 0.0120. The molecule has 21 heavy (non-hydrogen) atoms. The van der Waals surface area contributed by atoms with Crippen LogP contribution in [-0.2, 0) is 0 Å². The van der Waals surface area contributed by atoms with E-state index in [1.54, 1.807) is 5.57 Å². The number of hydrogen-bond donors (Lipinski definition) is 1. The average molecular weight is 287 g/mol. The van der Waals surface area contributed by atoms with Crippen LogP contribution in [0.4, 0.5) is 0 Å². The molecule has 2 fully saturated rings. The van der Waals surface area contributed by atoms with E-state index in [1.807, 2.05) is 5.57 Å². The molecule has 0 amide bonds. The lowest BCUT2D eigenvalue weighted by Crippen LogP contribution is -2.44. The SMILES string of the molecule is CCC1CCC2C3CCC4=C(CCC(N)C4)C3CC[C@]12C. The van der Waals surface area contributed by atoms with Crippen LogP contribution in [0.15, 0.2) is 11.1 Å². The molecule has 5 unspecified atom stereocenters. The fourth-order valence-corrected chi connectivity index (χ4v) is 7.02. The molecule has 1 nitrogen and oxygen atoms in total. The second kappa shape index (κ2) is 5.11. The molecule has 4 aliphatic rings.